The van der Waals surface area contributed by atoms with Crippen LogP contribution in [0.2, 0.25) is 0 Å². The van der Waals surface area contributed by atoms with Gasteiger partial charge in [0.15, 0.2) is 0 Å². The zero-order valence-corrected chi connectivity index (χ0v) is 8.76. The average Bonchev–Trinajstić information content (AvgIpc) is 1.49. The molecule has 0 atom stereocenters. The Hall–Kier alpha value is -0.730. The molecule has 0 saturated heterocycles. The van der Waals surface area contributed by atoms with Crippen molar-refractivity contribution in [3.63, 3.8) is 0 Å². The minimum absolute atomic E-state index is 0.406. The van der Waals surface area contributed by atoms with Crippen molar-refractivity contribution in [1.82, 2.24) is 4.90 Å². The monoisotopic (exact) mass is 172 g/mol. The van der Waals surface area contributed by atoms with Crippen LogP contribution in [0, 0.1) is 0 Å². The minimum Gasteiger partial charge on any atom is -0.530 e. The molecule has 3 heteroatoms. The van der Waals surface area contributed by atoms with E-state index in [9.17, 15) is 9.90 Å². The van der Waals surface area contributed by atoms with E-state index in [-0.39, 0.29) is 0 Å². The summed E-state index contributed by atoms with van der Waals surface area (Å²) in [4.78, 5) is 12.2. The molecule has 0 saturated carbocycles. The van der Waals surface area contributed by atoms with Crippen LogP contribution in [0.1, 0.15) is 41.5 Å². The smallest absolute Gasteiger partial charge is 0.137 e. The molecule has 0 N–H and O–H groups in total. The van der Waals surface area contributed by atoms with Gasteiger partial charge in [0.1, 0.15) is 6.09 Å². The Labute approximate surface area is 74.4 Å². The lowest BCUT2D eigenvalue weighted by Gasteiger charge is -2.47. The second kappa shape index (κ2) is 2.96. The lowest BCUT2D eigenvalue weighted by atomic mass is 9.97. The Bertz CT molecular complexity index is 160. The largest absolute Gasteiger partial charge is 0.530 e. The van der Waals surface area contributed by atoms with Gasteiger partial charge in [-0.3, -0.25) is 0 Å². The molecule has 0 rings (SSSR count). The maximum atomic E-state index is 10.8. The summed E-state index contributed by atoms with van der Waals surface area (Å²) in [7, 11) is 0. The van der Waals surface area contributed by atoms with Gasteiger partial charge in [-0.15, -0.1) is 0 Å². The molecule has 12 heavy (non-hydrogen) atoms. The van der Waals surface area contributed by atoms with Crippen molar-refractivity contribution >= 4 is 6.09 Å². The van der Waals surface area contributed by atoms with E-state index in [2.05, 4.69) is 0 Å². The van der Waals surface area contributed by atoms with Gasteiger partial charge in [0, 0.05) is 11.1 Å². The molecule has 72 valence electrons. The van der Waals surface area contributed by atoms with E-state index in [4.69, 9.17) is 0 Å². The molecular weight excluding hydrogens is 154 g/mol. The van der Waals surface area contributed by atoms with Crippen molar-refractivity contribution in [2.75, 3.05) is 0 Å². The summed E-state index contributed by atoms with van der Waals surface area (Å²) in [5, 5.41) is 10.8. The van der Waals surface area contributed by atoms with E-state index in [0.717, 1.165) is 0 Å². The first-order valence-corrected chi connectivity index (χ1v) is 4.08. The average molecular weight is 172 g/mol. The molecule has 3 nitrogen and oxygen atoms in total. The maximum absolute atomic E-state index is 10.8. The van der Waals surface area contributed by atoms with Gasteiger partial charge in [-0.1, -0.05) is 0 Å². The van der Waals surface area contributed by atoms with Gasteiger partial charge >= 0.3 is 0 Å². The number of hydrogen-bond donors (Lipinski definition) is 0. The Morgan fingerprint density at radius 1 is 1.00 bits per heavy atom. The lowest BCUT2D eigenvalue weighted by molar-refractivity contribution is -0.276. The van der Waals surface area contributed by atoms with Gasteiger partial charge in [0.2, 0.25) is 0 Å². The van der Waals surface area contributed by atoms with Crippen LogP contribution in [-0.2, 0) is 0 Å². The third kappa shape index (κ3) is 2.72. The van der Waals surface area contributed by atoms with Crippen LogP contribution in [0.25, 0.3) is 0 Å². The lowest BCUT2D eigenvalue weighted by Crippen LogP contribution is -2.59. The summed E-state index contributed by atoms with van der Waals surface area (Å²) in [6, 6.07) is 0. The molecule has 0 radical (unpaired) electrons. The molecule has 0 bridgehead atoms. The topological polar surface area (TPSA) is 43.4 Å². The Morgan fingerprint density at radius 3 is 1.25 bits per heavy atom. The molecule has 0 spiro atoms. The molecule has 0 unspecified atom stereocenters. The highest BCUT2D eigenvalue weighted by Gasteiger charge is 2.30. The summed E-state index contributed by atoms with van der Waals surface area (Å²) in [5.74, 6) is 0. The highest BCUT2D eigenvalue weighted by Crippen LogP contribution is 2.23. The van der Waals surface area contributed by atoms with Crippen LogP contribution >= 0.6 is 0 Å². The van der Waals surface area contributed by atoms with Gasteiger partial charge in [-0.2, -0.15) is 0 Å². The summed E-state index contributed by atoms with van der Waals surface area (Å²) in [6.07, 6.45) is -1.12. The quantitative estimate of drug-likeness (QED) is 0.551. The normalized spacial score (nSPS) is 12.8. The molecule has 0 aliphatic rings. The van der Waals surface area contributed by atoms with E-state index >= 15 is 0 Å². The number of carbonyl (C=O) groups is 1. The van der Waals surface area contributed by atoms with E-state index in [1.54, 1.807) is 0 Å². The highest BCUT2D eigenvalue weighted by molar-refractivity contribution is 5.64. The summed E-state index contributed by atoms with van der Waals surface area (Å²) in [5.41, 5.74) is -0.811. The van der Waals surface area contributed by atoms with Gasteiger partial charge in [-0.25, -0.2) is 0 Å². The van der Waals surface area contributed by atoms with Crippen molar-refractivity contribution < 1.29 is 9.90 Å². The fourth-order valence-corrected chi connectivity index (χ4v) is 1.55. The SMILES string of the molecule is CC(C)(C)N(C(=O)[O-])C(C)(C)C. The van der Waals surface area contributed by atoms with Crippen LogP contribution < -0.4 is 5.11 Å². The fourth-order valence-electron chi connectivity index (χ4n) is 1.55. The van der Waals surface area contributed by atoms with Crippen LogP contribution in [0.15, 0.2) is 0 Å². The first-order chi connectivity index (χ1) is 5.07. The number of hydrogen-bond acceptors (Lipinski definition) is 2. The van der Waals surface area contributed by atoms with E-state index in [1.807, 2.05) is 41.5 Å². The number of carboxylic acid groups (broad SMARTS) is 1. The van der Waals surface area contributed by atoms with Crippen molar-refractivity contribution in [2.45, 2.75) is 52.6 Å². The number of amides is 1. The number of rotatable bonds is 0. The number of nitrogens with zero attached hydrogens (tertiary/aromatic N) is 1. The molecule has 1 amide bonds. The highest BCUT2D eigenvalue weighted by atomic mass is 16.4. The van der Waals surface area contributed by atoms with Crippen LogP contribution in [0.5, 0.6) is 0 Å². The van der Waals surface area contributed by atoms with Gasteiger partial charge in [0.25, 0.3) is 0 Å². The molecule has 0 heterocycles. The number of carbonyl (C=O) groups excluding carboxylic acids is 1. The molecule has 0 aliphatic heterocycles. The second-order valence-electron chi connectivity index (χ2n) is 4.94. The summed E-state index contributed by atoms with van der Waals surface area (Å²) >= 11 is 0. The van der Waals surface area contributed by atoms with Gasteiger partial charge < -0.3 is 14.8 Å². The third-order valence-electron chi connectivity index (χ3n) is 1.52. The van der Waals surface area contributed by atoms with Gasteiger partial charge in [0.05, 0.1) is 0 Å². The standard InChI is InChI=1S/C9H19NO2/c1-8(2,3)10(7(11)12)9(4,5)6/h1-6H3,(H,11,12)/p-1. The molecule has 0 aliphatic carbocycles. The van der Waals surface area contributed by atoms with Crippen molar-refractivity contribution in [1.29, 1.82) is 0 Å². The van der Waals surface area contributed by atoms with Crippen molar-refractivity contribution in [3.8, 4) is 0 Å². The molecular formula is C9H18NO2-. The summed E-state index contributed by atoms with van der Waals surface area (Å²) < 4.78 is 0. The van der Waals surface area contributed by atoms with E-state index in [1.165, 1.54) is 4.90 Å². The van der Waals surface area contributed by atoms with Crippen LogP contribution in [0.4, 0.5) is 4.79 Å². The predicted molar refractivity (Wildman–Crippen MR) is 46.7 cm³/mol. The predicted octanol–water partition coefficient (Wildman–Crippen LogP) is 1.23. The zero-order chi connectivity index (χ0) is 10.2. The Balaban J connectivity index is 4.82. The first kappa shape index (κ1) is 11.3. The van der Waals surface area contributed by atoms with Crippen molar-refractivity contribution in [2.24, 2.45) is 0 Å². The second-order valence-corrected chi connectivity index (χ2v) is 4.94. The Kier molecular flexibility index (Phi) is 2.78. The minimum atomic E-state index is -1.12. The fraction of sp³-hybridized carbons (Fsp3) is 0.889. The Morgan fingerprint density at radius 2 is 1.25 bits per heavy atom. The van der Waals surface area contributed by atoms with Crippen LogP contribution in [0.3, 0.4) is 0 Å². The molecule has 0 aromatic rings. The third-order valence-corrected chi connectivity index (χ3v) is 1.52. The van der Waals surface area contributed by atoms with Gasteiger partial charge in [-0.05, 0) is 41.5 Å². The molecule has 0 aromatic carbocycles. The van der Waals surface area contributed by atoms with Crippen LogP contribution in [-0.4, -0.2) is 22.1 Å². The van der Waals surface area contributed by atoms with Crippen molar-refractivity contribution in [3.05, 3.63) is 0 Å². The molecule has 0 fully saturated rings. The first-order valence-electron chi connectivity index (χ1n) is 4.08. The zero-order valence-electron chi connectivity index (χ0n) is 8.76. The van der Waals surface area contributed by atoms with E-state index < -0.39 is 17.2 Å². The summed E-state index contributed by atoms with van der Waals surface area (Å²) in [6.45, 7) is 11.1. The maximum Gasteiger partial charge on any atom is 0.137 e. The van der Waals surface area contributed by atoms with E-state index in [0.29, 0.717) is 0 Å². The molecule has 0 aromatic heterocycles.